The van der Waals surface area contributed by atoms with Gasteiger partial charge in [-0.25, -0.2) is 4.39 Å². The average Bonchev–Trinajstić information content (AvgIpc) is 3.02. The van der Waals surface area contributed by atoms with E-state index < -0.39 is 5.82 Å². The third-order valence-electron chi connectivity index (χ3n) is 5.64. The van der Waals surface area contributed by atoms with Gasteiger partial charge in [0.15, 0.2) is 23.1 Å². The number of benzene rings is 2. The van der Waals surface area contributed by atoms with E-state index in [2.05, 4.69) is 0 Å². The van der Waals surface area contributed by atoms with E-state index in [0.29, 0.717) is 22.4 Å². The number of phenols is 1. The Morgan fingerprint density at radius 1 is 1.21 bits per heavy atom. The summed E-state index contributed by atoms with van der Waals surface area (Å²) < 4.78 is 25.3. The van der Waals surface area contributed by atoms with Crippen LogP contribution in [-0.2, 0) is 12.0 Å². The highest BCUT2D eigenvalue weighted by Crippen LogP contribution is 2.40. The summed E-state index contributed by atoms with van der Waals surface area (Å²) in [6.45, 7) is 6.00. The first-order valence-corrected chi connectivity index (χ1v) is 10.3. The molecule has 180 valence electrons. The number of ether oxygens (including phenoxy) is 2. The maximum Gasteiger partial charge on any atom is 0.197 e. The van der Waals surface area contributed by atoms with E-state index in [-0.39, 0.29) is 69.9 Å². The number of aromatic hydroxyl groups is 1. The van der Waals surface area contributed by atoms with Crippen molar-refractivity contribution < 1.29 is 23.8 Å². The molecule has 3 rings (SSSR count). The monoisotopic (exact) mass is 523 g/mol. The Balaban J connectivity index is 0.00000385. The number of methoxy groups -OCH3 is 2. The molecule has 0 unspecified atom stereocenters. The fourth-order valence-electron chi connectivity index (χ4n) is 3.92. The van der Waals surface area contributed by atoms with Gasteiger partial charge in [0.25, 0.3) is 0 Å². The van der Waals surface area contributed by atoms with Crippen LogP contribution in [0, 0.1) is 11.2 Å². The zero-order valence-electron chi connectivity index (χ0n) is 20.0. The van der Waals surface area contributed by atoms with E-state index in [1.54, 1.807) is 37.2 Å². The second-order valence-electron chi connectivity index (χ2n) is 9.12. The van der Waals surface area contributed by atoms with Gasteiger partial charge in [-0.2, -0.15) is 0 Å². The first kappa shape index (κ1) is 26.4. The van der Waals surface area contributed by atoms with Crippen molar-refractivity contribution in [3.05, 3.63) is 46.3 Å². The fraction of sp³-hybridized carbons (Fsp3) is 0.417. The van der Waals surface area contributed by atoms with E-state index in [1.807, 2.05) is 20.8 Å². The normalized spacial score (nSPS) is 12.8. The lowest BCUT2D eigenvalue weighted by molar-refractivity contribution is 0.0962. The Kier molecular flexibility index (Phi) is 7.68. The minimum atomic E-state index is -0.670. The van der Waals surface area contributed by atoms with Gasteiger partial charge < -0.3 is 24.4 Å². The van der Waals surface area contributed by atoms with Crippen LogP contribution in [0.15, 0.2) is 18.2 Å². The summed E-state index contributed by atoms with van der Waals surface area (Å²) in [7, 11) is 6.36. The van der Waals surface area contributed by atoms with Crippen LogP contribution < -0.4 is 14.4 Å². The quantitative estimate of drug-likeness (QED) is 0.541. The second kappa shape index (κ2) is 9.59. The van der Waals surface area contributed by atoms with Gasteiger partial charge in [0.1, 0.15) is 11.6 Å². The van der Waals surface area contributed by atoms with Crippen LogP contribution in [-0.4, -0.2) is 56.5 Å². The van der Waals surface area contributed by atoms with Crippen molar-refractivity contribution in [1.82, 2.24) is 4.90 Å². The minimum absolute atomic E-state index is 0. The molecule has 0 atom stereocenters. The van der Waals surface area contributed by atoms with Crippen molar-refractivity contribution in [1.29, 1.82) is 5.41 Å². The van der Waals surface area contributed by atoms with Gasteiger partial charge in [0, 0.05) is 31.8 Å². The molecule has 7 nitrogen and oxygen atoms in total. The highest BCUT2D eigenvalue weighted by Gasteiger charge is 2.33. The number of nitrogens with zero attached hydrogens (tertiary/aromatic N) is 2. The largest absolute Gasteiger partial charge is 0.505 e. The molecule has 0 aromatic heterocycles. The molecule has 0 spiro atoms. The van der Waals surface area contributed by atoms with Crippen molar-refractivity contribution in [2.75, 3.05) is 39.8 Å². The van der Waals surface area contributed by atoms with Crippen LogP contribution in [0.2, 0.25) is 0 Å². The van der Waals surface area contributed by atoms with E-state index in [9.17, 15) is 14.3 Å². The number of hydrogen-bond donors (Lipinski definition) is 2. The molecule has 2 aromatic carbocycles. The molecule has 2 aromatic rings. The smallest absolute Gasteiger partial charge is 0.197 e. The number of rotatable bonds is 6. The van der Waals surface area contributed by atoms with Gasteiger partial charge in [0.05, 0.1) is 32.0 Å². The summed E-state index contributed by atoms with van der Waals surface area (Å²) in [6, 6.07) is 4.98. The molecular formula is C24H31BrFN3O4. The van der Waals surface area contributed by atoms with Crippen molar-refractivity contribution >= 4 is 34.3 Å². The average molecular weight is 524 g/mol. The van der Waals surface area contributed by atoms with E-state index >= 15 is 0 Å². The molecule has 0 amide bonds. The van der Waals surface area contributed by atoms with Crippen LogP contribution in [0.1, 0.15) is 47.8 Å². The van der Waals surface area contributed by atoms with Gasteiger partial charge in [0.2, 0.25) is 0 Å². The number of fused-ring (bicyclic) bond motifs is 1. The molecule has 1 heterocycles. The number of phenolic OH excluding ortho intramolecular Hbond substituents is 1. The number of amidine groups is 1. The summed E-state index contributed by atoms with van der Waals surface area (Å²) in [5, 5.41) is 19.2. The standard InChI is InChI=1S/C24H30FN3O4.BrH/c1-24(2,3)15-8-13(9-16(21(15)30)27(4)5)17(29)12-28-11-14-10-18(31-6)22(32-7)20(25)19(14)23(28)26;/h8-10,26,30H,11-12H2,1-7H3;1H. The van der Waals surface area contributed by atoms with Crippen molar-refractivity contribution in [3.63, 3.8) is 0 Å². The topological polar surface area (TPSA) is 86.1 Å². The molecular weight excluding hydrogens is 493 g/mol. The minimum Gasteiger partial charge on any atom is -0.505 e. The first-order chi connectivity index (χ1) is 14.9. The maximum atomic E-state index is 15.0. The van der Waals surface area contributed by atoms with Gasteiger partial charge in [-0.05, 0) is 29.2 Å². The molecule has 1 aliphatic heterocycles. The third-order valence-corrected chi connectivity index (χ3v) is 5.64. The van der Waals surface area contributed by atoms with Gasteiger partial charge >= 0.3 is 0 Å². The molecule has 0 bridgehead atoms. The number of carbonyl (C=O) groups excluding carboxylic acids is 1. The van der Waals surface area contributed by atoms with Crippen LogP contribution >= 0.6 is 17.0 Å². The zero-order chi connectivity index (χ0) is 24.0. The molecule has 33 heavy (non-hydrogen) atoms. The van der Waals surface area contributed by atoms with Crippen LogP contribution in [0.25, 0.3) is 0 Å². The molecule has 0 aliphatic carbocycles. The van der Waals surface area contributed by atoms with Crippen LogP contribution in [0.4, 0.5) is 10.1 Å². The Labute approximate surface area is 204 Å². The number of halogens is 2. The molecule has 1 aliphatic rings. The summed E-state index contributed by atoms with van der Waals surface area (Å²) >= 11 is 0. The lowest BCUT2D eigenvalue weighted by Crippen LogP contribution is -2.31. The van der Waals surface area contributed by atoms with Crippen molar-refractivity contribution in [2.24, 2.45) is 0 Å². The molecule has 0 saturated carbocycles. The van der Waals surface area contributed by atoms with Crippen LogP contribution in [0.3, 0.4) is 0 Å². The Hall–Kier alpha value is -2.81. The fourth-order valence-corrected chi connectivity index (χ4v) is 3.92. The second-order valence-corrected chi connectivity index (χ2v) is 9.12. The summed E-state index contributed by atoms with van der Waals surface area (Å²) in [5.41, 5.74) is 1.93. The molecule has 0 saturated heterocycles. The number of carbonyl (C=O) groups is 1. The lowest BCUT2D eigenvalue weighted by atomic mass is 9.84. The lowest BCUT2D eigenvalue weighted by Gasteiger charge is -2.26. The van der Waals surface area contributed by atoms with Crippen molar-refractivity contribution in [2.45, 2.75) is 32.7 Å². The van der Waals surface area contributed by atoms with Gasteiger partial charge in [-0.15, -0.1) is 17.0 Å². The highest BCUT2D eigenvalue weighted by molar-refractivity contribution is 8.93. The highest BCUT2D eigenvalue weighted by atomic mass is 79.9. The Bertz CT molecular complexity index is 1100. The van der Waals surface area contributed by atoms with E-state index in [4.69, 9.17) is 14.9 Å². The van der Waals surface area contributed by atoms with E-state index in [1.165, 1.54) is 19.1 Å². The van der Waals surface area contributed by atoms with E-state index in [0.717, 1.165) is 0 Å². The number of hydrogen-bond acceptors (Lipinski definition) is 6. The maximum absolute atomic E-state index is 15.0. The zero-order valence-corrected chi connectivity index (χ0v) is 21.7. The number of Topliss-reactive ketones (excluding diaryl/α,β-unsaturated/α-hetero) is 1. The molecule has 2 N–H and O–H groups in total. The number of ketones is 1. The van der Waals surface area contributed by atoms with Crippen LogP contribution in [0.5, 0.6) is 17.2 Å². The number of anilines is 1. The molecule has 0 radical (unpaired) electrons. The summed E-state index contributed by atoms with van der Waals surface area (Å²) in [5.74, 6) is -0.648. The third kappa shape index (κ3) is 4.78. The van der Waals surface area contributed by atoms with Gasteiger partial charge in [-0.1, -0.05) is 20.8 Å². The Morgan fingerprint density at radius 2 is 1.85 bits per heavy atom. The predicted octanol–water partition coefficient (Wildman–Crippen LogP) is 4.51. The SMILES string of the molecule is Br.COc1cc2c(c(F)c1OC)C(=N)N(CC(=O)c1cc(N(C)C)c(O)c(C(C)(C)C)c1)C2. The first-order valence-electron chi connectivity index (χ1n) is 10.3. The Morgan fingerprint density at radius 3 is 2.36 bits per heavy atom. The molecule has 9 heteroatoms. The number of nitrogens with one attached hydrogen (secondary N) is 1. The van der Waals surface area contributed by atoms with Crippen molar-refractivity contribution in [3.8, 4) is 17.2 Å². The summed E-state index contributed by atoms with van der Waals surface area (Å²) in [6.07, 6.45) is 0. The predicted molar refractivity (Wildman–Crippen MR) is 133 cm³/mol. The molecule has 0 fully saturated rings. The van der Waals surface area contributed by atoms with Gasteiger partial charge in [-0.3, -0.25) is 10.2 Å². The summed E-state index contributed by atoms with van der Waals surface area (Å²) in [4.78, 5) is 16.5.